The molecular weight excluding hydrogens is 514 g/mol. The molecule has 0 aliphatic carbocycles. The van der Waals surface area contributed by atoms with Crippen molar-refractivity contribution in [2.75, 3.05) is 0 Å². The summed E-state index contributed by atoms with van der Waals surface area (Å²) < 4.78 is 11.9. The van der Waals surface area contributed by atoms with E-state index in [0.29, 0.717) is 38.4 Å². The molecule has 166 valence electrons. The van der Waals surface area contributed by atoms with E-state index in [4.69, 9.17) is 20.8 Å². The third kappa shape index (κ3) is 5.39. The van der Waals surface area contributed by atoms with Gasteiger partial charge < -0.3 is 9.15 Å². The van der Waals surface area contributed by atoms with E-state index in [9.17, 15) is 14.9 Å². The lowest BCUT2D eigenvalue weighted by Crippen LogP contribution is -2.16. The first-order chi connectivity index (χ1) is 15.9. The minimum atomic E-state index is -0.599. The Bertz CT molecular complexity index is 1350. The van der Waals surface area contributed by atoms with Crippen LogP contribution in [0.5, 0.6) is 5.75 Å². The summed E-state index contributed by atoms with van der Waals surface area (Å²) in [6.07, 6.45) is 1.42. The molecule has 4 rings (SSSR count). The molecule has 4 aromatic rings. The van der Waals surface area contributed by atoms with Crippen molar-refractivity contribution in [3.8, 4) is 5.75 Å². The summed E-state index contributed by atoms with van der Waals surface area (Å²) in [5.41, 5.74) is 4.26. The number of hydrazone groups is 1. The van der Waals surface area contributed by atoms with Gasteiger partial charge in [0.15, 0.2) is 11.5 Å². The van der Waals surface area contributed by atoms with Crippen molar-refractivity contribution in [2.24, 2.45) is 5.10 Å². The standard InChI is InChI=1S/C23H15BrClN3O5/c24-18-8-15(9-19(25)22(18)32-13-14-4-2-1-3-5-14)12-26-27-23(29)21-11-16-10-17(28(30)31)6-7-20(16)33-21/h1-12H,13H2,(H,27,29)/b26-12+. The summed E-state index contributed by atoms with van der Waals surface area (Å²) in [5, 5.41) is 15.6. The molecule has 0 bridgehead atoms. The zero-order chi connectivity index (χ0) is 23.4. The molecule has 33 heavy (non-hydrogen) atoms. The van der Waals surface area contributed by atoms with Gasteiger partial charge in [-0.3, -0.25) is 14.9 Å². The van der Waals surface area contributed by atoms with Crippen LogP contribution in [0.3, 0.4) is 0 Å². The predicted octanol–water partition coefficient (Wildman–Crippen LogP) is 6.10. The fourth-order valence-electron chi connectivity index (χ4n) is 3.00. The Hall–Kier alpha value is -3.69. The average Bonchev–Trinajstić information content (AvgIpc) is 3.23. The van der Waals surface area contributed by atoms with E-state index in [0.717, 1.165) is 5.56 Å². The zero-order valence-corrected chi connectivity index (χ0v) is 19.2. The molecule has 10 heteroatoms. The number of rotatable bonds is 7. The van der Waals surface area contributed by atoms with Crippen molar-refractivity contribution in [3.63, 3.8) is 0 Å². The van der Waals surface area contributed by atoms with Gasteiger partial charge in [0, 0.05) is 17.5 Å². The number of amides is 1. The number of nitro benzene ring substituents is 1. The first kappa shape index (κ1) is 22.5. The van der Waals surface area contributed by atoms with Crippen LogP contribution in [-0.2, 0) is 6.61 Å². The van der Waals surface area contributed by atoms with Gasteiger partial charge in [-0.05, 0) is 51.3 Å². The molecule has 1 aromatic heterocycles. The molecule has 0 aliphatic heterocycles. The van der Waals surface area contributed by atoms with Gasteiger partial charge in [0.05, 0.1) is 20.6 Å². The van der Waals surface area contributed by atoms with E-state index >= 15 is 0 Å². The van der Waals surface area contributed by atoms with Crippen LogP contribution in [0.1, 0.15) is 21.7 Å². The minimum Gasteiger partial charge on any atom is -0.486 e. The van der Waals surface area contributed by atoms with E-state index < -0.39 is 10.8 Å². The summed E-state index contributed by atoms with van der Waals surface area (Å²) in [6, 6.07) is 18.6. The Morgan fingerprint density at radius 3 is 2.70 bits per heavy atom. The molecule has 0 radical (unpaired) electrons. The van der Waals surface area contributed by atoms with Crippen LogP contribution in [-0.4, -0.2) is 17.0 Å². The highest BCUT2D eigenvalue weighted by molar-refractivity contribution is 9.10. The van der Waals surface area contributed by atoms with E-state index in [1.165, 1.54) is 30.5 Å². The molecule has 0 aliphatic rings. The van der Waals surface area contributed by atoms with Crippen molar-refractivity contribution >= 4 is 56.3 Å². The summed E-state index contributed by atoms with van der Waals surface area (Å²) in [5.74, 6) is -0.123. The van der Waals surface area contributed by atoms with E-state index in [1.807, 2.05) is 30.3 Å². The molecule has 0 atom stereocenters. The number of hydrogen-bond acceptors (Lipinski definition) is 6. The Balaban J connectivity index is 1.42. The number of nitrogens with zero attached hydrogens (tertiary/aromatic N) is 2. The van der Waals surface area contributed by atoms with E-state index in [-0.39, 0.29) is 11.4 Å². The minimum absolute atomic E-state index is 0.0217. The number of ether oxygens (including phenoxy) is 1. The monoisotopic (exact) mass is 527 g/mol. The Morgan fingerprint density at radius 1 is 1.18 bits per heavy atom. The molecule has 0 fully saturated rings. The van der Waals surface area contributed by atoms with Gasteiger partial charge in [-0.25, -0.2) is 5.43 Å². The van der Waals surface area contributed by atoms with Gasteiger partial charge in [-0.15, -0.1) is 0 Å². The van der Waals surface area contributed by atoms with Gasteiger partial charge in [-0.1, -0.05) is 41.9 Å². The Kier molecular flexibility index (Phi) is 6.71. The number of carbonyl (C=O) groups is 1. The van der Waals surface area contributed by atoms with Crippen molar-refractivity contribution in [2.45, 2.75) is 6.61 Å². The fourth-order valence-corrected chi connectivity index (χ4v) is 3.99. The van der Waals surface area contributed by atoms with Crippen molar-refractivity contribution < 1.29 is 18.9 Å². The second-order valence-electron chi connectivity index (χ2n) is 6.88. The number of nitrogens with one attached hydrogen (secondary N) is 1. The van der Waals surface area contributed by atoms with Crippen LogP contribution in [0.25, 0.3) is 11.0 Å². The van der Waals surface area contributed by atoms with Gasteiger partial charge in [0.25, 0.3) is 5.69 Å². The SMILES string of the molecule is O=C(N/N=C/c1cc(Cl)c(OCc2ccccc2)c(Br)c1)c1cc2cc([N+](=O)[O-])ccc2o1. The number of carbonyl (C=O) groups excluding carboxylic acids is 1. The Morgan fingerprint density at radius 2 is 1.97 bits per heavy atom. The maximum absolute atomic E-state index is 12.3. The molecule has 0 spiro atoms. The summed E-state index contributed by atoms with van der Waals surface area (Å²) >= 11 is 9.79. The number of hydrogen-bond donors (Lipinski definition) is 1. The lowest BCUT2D eigenvalue weighted by Gasteiger charge is -2.11. The zero-order valence-electron chi connectivity index (χ0n) is 16.8. The lowest BCUT2D eigenvalue weighted by atomic mass is 10.2. The highest BCUT2D eigenvalue weighted by Gasteiger charge is 2.15. The molecular formula is C23H15BrClN3O5. The average molecular weight is 529 g/mol. The molecule has 0 saturated carbocycles. The van der Waals surface area contributed by atoms with Crippen LogP contribution < -0.4 is 10.2 Å². The number of furan rings is 1. The maximum Gasteiger partial charge on any atom is 0.307 e. The van der Waals surface area contributed by atoms with Crippen LogP contribution in [0, 0.1) is 10.1 Å². The van der Waals surface area contributed by atoms with Crippen LogP contribution in [0.4, 0.5) is 5.69 Å². The maximum atomic E-state index is 12.3. The highest BCUT2D eigenvalue weighted by atomic mass is 79.9. The van der Waals surface area contributed by atoms with E-state index in [2.05, 4.69) is 26.5 Å². The van der Waals surface area contributed by atoms with Crippen molar-refractivity contribution in [1.82, 2.24) is 5.43 Å². The highest BCUT2D eigenvalue weighted by Crippen LogP contribution is 2.34. The first-order valence-corrected chi connectivity index (χ1v) is 10.7. The first-order valence-electron chi connectivity index (χ1n) is 9.58. The molecule has 1 N–H and O–H groups in total. The van der Waals surface area contributed by atoms with Gasteiger partial charge in [0.1, 0.15) is 12.2 Å². The number of halogens is 2. The van der Waals surface area contributed by atoms with Gasteiger partial charge in [0.2, 0.25) is 0 Å². The topological polar surface area (TPSA) is 107 Å². The molecule has 1 heterocycles. The second-order valence-corrected chi connectivity index (χ2v) is 8.14. The summed E-state index contributed by atoms with van der Waals surface area (Å²) in [6.45, 7) is 0.364. The van der Waals surface area contributed by atoms with Crippen LogP contribution >= 0.6 is 27.5 Å². The quantitative estimate of drug-likeness (QED) is 0.177. The normalized spacial score (nSPS) is 11.1. The second kappa shape index (κ2) is 9.85. The molecule has 8 nitrogen and oxygen atoms in total. The summed E-state index contributed by atoms with van der Waals surface area (Å²) in [4.78, 5) is 22.7. The predicted molar refractivity (Wildman–Crippen MR) is 128 cm³/mol. The van der Waals surface area contributed by atoms with Gasteiger partial charge >= 0.3 is 5.91 Å². The van der Waals surface area contributed by atoms with Crippen LogP contribution in [0.15, 0.2) is 80.7 Å². The number of benzene rings is 3. The van der Waals surface area contributed by atoms with Gasteiger partial charge in [-0.2, -0.15) is 5.10 Å². The van der Waals surface area contributed by atoms with Crippen molar-refractivity contribution in [3.05, 3.63) is 103 Å². The largest absolute Gasteiger partial charge is 0.486 e. The smallest absolute Gasteiger partial charge is 0.307 e. The third-order valence-corrected chi connectivity index (χ3v) is 5.43. The summed E-state index contributed by atoms with van der Waals surface area (Å²) in [7, 11) is 0. The Labute approximate surface area is 201 Å². The number of fused-ring (bicyclic) bond motifs is 1. The molecule has 0 saturated heterocycles. The van der Waals surface area contributed by atoms with Crippen molar-refractivity contribution in [1.29, 1.82) is 0 Å². The third-order valence-electron chi connectivity index (χ3n) is 4.56. The fraction of sp³-hybridized carbons (Fsp3) is 0.0435. The number of nitro groups is 1. The molecule has 1 amide bonds. The van der Waals surface area contributed by atoms with Crippen LogP contribution in [0.2, 0.25) is 5.02 Å². The number of non-ortho nitro benzene ring substituents is 1. The molecule has 3 aromatic carbocycles. The van der Waals surface area contributed by atoms with E-state index in [1.54, 1.807) is 12.1 Å². The molecule has 0 unspecified atom stereocenters. The lowest BCUT2D eigenvalue weighted by molar-refractivity contribution is -0.384.